The van der Waals surface area contributed by atoms with Crippen molar-refractivity contribution in [3.05, 3.63) is 83.4 Å². The van der Waals surface area contributed by atoms with Crippen LogP contribution in [0.4, 0.5) is 5.69 Å². The number of hydrogen-bond donors (Lipinski definition) is 4. The number of rotatable bonds is 7. The number of nitrogens with zero attached hydrogens (tertiary/aromatic N) is 1. The fraction of sp³-hybridized carbons (Fsp3) is 0.276. The minimum atomic E-state index is -1.82. The van der Waals surface area contributed by atoms with Gasteiger partial charge in [-0.2, -0.15) is 0 Å². The van der Waals surface area contributed by atoms with Crippen molar-refractivity contribution >= 4 is 23.5 Å². The van der Waals surface area contributed by atoms with Crippen molar-refractivity contribution in [2.24, 2.45) is 11.8 Å². The van der Waals surface area contributed by atoms with Crippen LogP contribution in [-0.2, 0) is 27.2 Å². The third-order valence-electron chi connectivity index (χ3n) is 7.62. The van der Waals surface area contributed by atoms with Gasteiger partial charge >= 0.3 is 5.97 Å². The summed E-state index contributed by atoms with van der Waals surface area (Å²) in [4.78, 5) is 42.0. The summed E-state index contributed by atoms with van der Waals surface area (Å²) in [6, 6.07) is 16.8. The zero-order valence-electron chi connectivity index (χ0n) is 20.9. The smallest absolute Gasteiger partial charge is 0.325 e. The van der Waals surface area contributed by atoms with Crippen molar-refractivity contribution in [3.63, 3.8) is 0 Å². The first kappa shape index (κ1) is 25.3. The molecule has 2 fully saturated rings. The van der Waals surface area contributed by atoms with Crippen molar-refractivity contribution < 1.29 is 34.4 Å². The van der Waals surface area contributed by atoms with Gasteiger partial charge in [0.2, 0.25) is 11.8 Å². The molecule has 38 heavy (non-hydrogen) atoms. The number of carboxylic acids is 1. The van der Waals surface area contributed by atoms with Crippen molar-refractivity contribution in [2.75, 3.05) is 12.0 Å². The van der Waals surface area contributed by atoms with Crippen molar-refractivity contribution in [1.29, 1.82) is 0 Å². The lowest BCUT2D eigenvalue weighted by atomic mass is 9.76. The molecule has 2 aliphatic heterocycles. The molecule has 0 spiro atoms. The standard InChI is InChI=1S/C29H28N2O7/c1-3-16-4-9-19(10-5-16)31-26(34)23-24(27(31)35)29(28(36)37,15-17-6-11-20(32)12-7-17)30-25(23)18-8-13-21(33)22(14-18)38-2/h4-14,23-25,30,32-33H,3,15H2,1-2H3,(H,36,37). The summed E-state index contributed by atoms with van der Waals surface area (Å²) in [7, 11) is 1.39. The molecule has 196 valence electrons. The van der Waals surface area contributed by atoms with E-state index < -0.39 is 41.2 Å². The van der Waals surface area contributed by atoms with E-state index in [1.807, 2.05) is 19.1 Å². The molecule has 2 heterocycles. The summed E-state index contributed by atoms with van der Waals surface area (Å²) in [5.41, 5.74) is 0.690. The van der Waals surface area contributed by atoms with E-state index in [1.54, 1.807) is 36.4 Å². The Morgan fingerprint density at radius 2 is 1.63 bits per heavy atom. The number of aromatic hydroxyl groups is 2. The van der Waals surface area contributed by atoms with Crippen molar-refractivity contribution in [1.82, 2.24) is 5.32 Å². The van der Waals surface area contributed by atoms with Gasteiger partial charge in [-0.15, -0.1) is 0 Å². The van der Waals surface area contributed by atoms with E-state index >= 15 is 0 Å². The molecule has 5 rings (SSSR count). The fourth-order valence-electron chi connectivity index (χ4n) is 5.68. The van der Waals surface area contributed by atoms with Crippen LogP contribution in [0, 0.1) is 11.8 Å². The van der Waals surface area contributed by atoms with Gasteiger partial charge in [-0.1, -0.05) is 37.3 Å². The summed E-state index contributed by atoms with van der Waals surface area (Å²) in [6.45, 7) is 2.00. The first-order valence-electron chi connectivity index (χ1n) is 12.3. The summed E-state index contributed by atoms with van der Waals surface area (Å²) in [5.74, 6) is -4.50. The van der Waals surface area contributed by atoms with Gasteiger partial charge < -0.3 is 20.1 Å². The van der Waals surface area contributed by atoms with Crippen LogP contribution in [0.15, 0.2) is 66.7 Å². The van der Waals surface area contributed by atoms with Crippen LogP contribution in [0.2, 0.25) is 0 Å². The highest BCUT2D eigenvalue weighted by atomic mass is 16.5. The van der Waals surface area contributed by atoms with Crippen LogP contribution in [-0.4, -0.2) is 45.8 Å². The molecule has 3 aromatic rings. The number of phenolic OH excluding ortho intramolecular Hbond substituents is 2. The predicted molar refractivity (Wildman–Crippen MR) is 138 cm³/mol. The minimum absolute atomic E-state index is 0.0262. The molecule has 0 bridgehead atoms. The lowest BCUT2D eigenvalue weighted by Gasteiger charge is -2.31. The zero-order valence-corrected chi connectivity index (χ0v) is 20.9. The highest BCUT2D eigenvalue weighted by Crippen LogP contribution is 2.51. The van der Waals surface area contributed by atoms with E-state index in [9.17, 15) is 29.7 Å². The lowest BCUT2D eigenvalue weighted by Crippen LogP contribution is -2.57. The number of anilines is 1. The third-order valence-corrected chi connectivity index (χ3v) is 7.62. The number of carbonyl (C=O) groups excluding carboxylic acids is 2. The number of benzene rings is 3. The molecule has 9 heteroatoms. The van der Waals surface area contributed by atoms with E-state index in [2.05, 4.69) is 5.32 Å². The number of nitrogens with one attached hydrogen (secondary N) is 1. The monoisotopic (exact) mass is 516 g/mol. The number of methoxy groups -OCH3 is 1. The summed E-state index contributed by atoms with van der Waals surface area (Å²) in [5, 5.41) is 33.6. The Hall–Kier alpha value is -4.37. The maximum absolute atomic E-state index is 14.0. The van der Waals surface area contributed by atoms with Gasteiger partial charge in [0.1, 0.15) is 11.3 Å². The maximum Gasteiger partial charge on any atom is 0.325 e. The third kappa shape index (κ3) is 3.95. The second kappa shape index (κ2) is 9.50. The topological polar surface area (TPSA) is 136 Å². The van der Waals surface area contributed by atoms with Crippen LogP contribution < -0.4 is 15.0 Å². The van der Waals surface area contributed by atoms with E-state index in [0.717, 1.165) is 16.9 Å². The largest absolute Gasteiger partial charge is 0.508 e. The molecule has 0 aliphatic carbocycles. The highest BCUT2D eigenvalue weighted by Gasteiger charge is 2.68. The SMILES string of the molecule is CCc1ccc(N2C(=O)C3C(c4ccc(O)c(OC)c4)NC(Cc4ccc(O)cc4)(C(=O)O)C3C2=O)cc1. The molecule has 0 aromatic heterocycles. The summed E-state index contributed by atoms with van der Waals surface area (Å²) >= 11 is 0. The Morgan fingerprint density at radius 3 is 2.24 bits per heavy atom. The van der Waals surface area contributed by atoms with Gasteiger partial charge in [-0.3, -0.25) is 19.7 Å². The summed E-state index contributed by atoms with van der Waals surface area (Å²) in [6.07, 6.45) is 0.688. The molecule has 4 N–H and O–H groups in total. The molecule has 3 aromatic carbocycles. The number of carboxylic acid groups (broad SMARTS) is 1. The number of hydrogen-bond acceptors (Lipinski definition) is 7. The normalized spacial score (nSPS) is 24.5. The Bertz CT molecular complexity index is 1400. The number of amides is 2. The van der Waals surface area contributed by atoms with E-state index in [-0.39, 0.29) is 23.7 Å². The highest BCUT2D eigenvalue weighted by molar-refractivity contribution is 6.24. The first-order chi connectivity index (χ1) is 18.2. The van der Waals surface area contributed by atoms with Gasteiger partial charge in [0.15, 0.2) is 11.5 Å². The number of fused-ring (bicyclic) bond motifs is 1. The molecule has 2 aliphatic rings. The molecule has 0 saturated carbocycles. The van der Waals surface area contributed by atoms with Crippen molar-refractivity contribution in [3.8, 4) is 17.2 Å². The van der Waals surface area contributed by atoms with E-state index in [0.29, 0.717) is 16.8 Å². The Morgan fingerprint density at radius 1 is 0.974 bits per heavy atom. The number of imide groups is 1. The maximum atomic E-state index is 14.0. The molecule has 0 radical (unpaired) electrons. The second-order valence-electron chi connectivity index (χ2n) is 9.71. The van der Waals surface area contributed by atoms with Gasteiger partial charge in [-0.25, -0.2) is 4.90 Å². The summed E-state index contributed by atoms with van der Waals surface area (Å²) < 4.78 is 5.24. The predicted octanol–water partition coefficient (Wildman–Crippen LogP) is 3.19. The van der Waals surface area contributed by atoms with Gasteiger partial charge in [0.25, 0.3) is 0 Å². The van der Waals surface area contributed by atoms with Crippen LogP contribution in [0.1, 0.15) is 29.7 Å². The number of ether oxygens (including phenoxy) is 1. The van der Waals surface area contributed by atoms with Crippen LogP contribution >= 0.6 is 0 Å². The molecule has 2 saturated heterocycles. The van der Waals surface area contributed by atoms with Gasteiger partial charge in [0.05, 0.1) is 24.6 Å². The van der Waals surface area contributed by atoms with Gasteiger partial charge in [-0.05, 0) is 59.5 Å². The fourth-order valence-corrected chi connectivity index (χ4v) is 5.68. The number of aryl methyl sites for hydroxylation is 1. The first-order valence-corrected chi connectivity index (χ1v) is 12.3. The average molecular weight is 517 g/mol. The minimum Gasteiger partial charge on any atom is -0.508 e. The van der Waals surface area contributed by atoms with Gasteiger partial charge in [0, 0.05) is 12.5 Å². The molecular weight excluding hydrogens is 488 g/mol. The molecule has 9 nitrogen and oxygen atoms in total. The Balaban J connectivity index is 1.65. The molecule has 4 atom stereocenters. The Kier molecular flexibility index (Phi) is 6.32. The van der Waals surface area contributed by atoms with Crippen LogP contribution in [0.5, 0.6) is 17.2 Å². The second-order valence-corrected chi connectivity index (χ2v) is 9.71. The van der Waals surface area contributed by atoms with Crippen molar-refractivity contribution in [2.45, 2.75) is 31.3 Å². The molecule has 2 amide bonds. The Labute approximate surface area is 219 Å². The van der Waals surface area contributed by atoms with Crippen LogP contribution in [0.3, 0.4) is 0 Å². The van der Waals surface area contributed by atoms with Crippen LogP contribution in [0.25, 0.3) is 0 Å². The number of phenols is 2. The quantitative estimate of drug-likeness (QED) is 0.352. The number of aliphatic carboxylic acids is 1. The molecule has 4 unspecified atom stereocenters. The van der Waals surface area contributed by atoms with E-state index in [4.69, 9.17) is 4.74 Å². The molecular formula is C29H28N2O7. The average Bonchev–Trinajstić information content (AvgIpc) is 3.39. The lowest BCUT2D eigenvalue weighted by molar-refractivity contribution is -0.148. The zero-order chi connectivity index (χ0) is 27.2. The number of carbonyl (C=O) groups is 3. The van der Waals surface area contributed by atoms with E-state index in [1.165, 1.54) is 25.3 Å².